The first kappa shape index (κ1) is 27.1. The van der Waals surface area contributed by atoms with Crippen molar-refractivity contribution in [3.05, 3.63) is 77.6 Å². The maximum Gasteiger partial charge on any atom is 0.255 e. The van der Waals surface area contributed by atoms with E-state index in [-0.39, 0.29) is 17.5 Å². The summed E-state index contributed by atoms with van der Waals surface area (Å²) in [5.41, 5.74) is 9.23. The molecule has 0 radical (unpaired) electrons. The summed E-state index contributed by atoms with van der Waals surface area (Å²) in [5.74, 6) is 0.785. The van der Waals surface area contributed by atoms with Gasteiger partial charge in [0.15, 0.2) is 5.78 Å². The molecule has 0 unspecified atom stereocenters. The van der Waals surface area contributed by atoms with Crippen LogP contribution in [0.4, 0.5) is 4.39 Å². The number of hydrogen-bond donors (Lipinski definition) is 2. The first-order chi connectivity index (χ1) is 18.3. The number of carbonyl (C=O) groups is 2. The number of nitrogens with one attached hydrogen (secondary N) is 1. The van der Waals surface area contributed by atoms with E-state index < -0.39 is 0 Å². The van der Waals surface area contributed by atoms with E-state index in [0.717, 1.165) is 17.5 Å². The Morgan fingerprint density at radius 3 is 2.45 bits per heavy atom. The predicted octanol–water partition coefficient (Wildman–Crippen LogP) is 6.61. The molecule has 1 amide bonds. The molecule has 0 saturated carbocycles. The van der Waals surface area contributed by atoms with Gasteiger partial charge in [-0.05, 0) is 85.5 Å². The van der Waals surface area contributed by atoms with Crippen LogP contribution in [-0.2, 0) is 0 Å². The SMILES string of the molecule is CNC(=O)c1c(-c2ccc(F)cc2)oc2ccc(-c3cc(C(=O)CCC(C)C)ccc3OCCCN)cc12. The second-order valence-electron chi connectivity index (χ2n) is 9.66. The van der Waals surface area contributed by atoms with Crippen molar-refractivity contribution < 1.29 is 23.1 Å². The smallest absolute Gasteiger partial charge is 0.255 e. The van der Waals surface area contributed by atoms with Crippen LogP contribution in [0.2, 0.25) is 0 Å². The number of ketones is 1. The maximum absolute atomic E-state index is 13.5. The van der Waals surface area contributed by atoms with E-state index in [1.807, 2.05) is 24.3 Å². The van der Waals surface area contributed by atoms with E-state index in [1.54, 1.807) is 31.3 Å². The minimum Gasteiger partial charge on any atom is -0.493 e. The fourth-order valence-corrected chi connectivity index (χ4v) is 4.30. The number of nitrogens with two attached hydrogens (primary N) is 1. The Bertz CT molecular complexity index is 1440. The molecule has 3 aromatic carbocycles. The van der Waals surface area contributed by atoms with Crippen molar-refractivity contribution in [1.29, 1.82) is 0 Å². The maximum atomic E-state index is 13.5. The molecule has 1 heterocycles. The van der Waals surface area contributed by atoms with E-state index in [1.165, 1.54) is 12.1 Å². The van der Waals surface area contributed by atoms with Gasteiger partial charge in [0.05, 0.1) is 12.2 Å². The number of fused-ring (bicyclic) bond motifs is 1. The van der Waals surface area contributed by atoms with Gasteiger partial charge in [-0.2, -0.15) is 0 Å². The third kappa shape index (κ3) is 5.94. The fourth-order valence-electron chi connectivity index (χ4n) is 4.30. The Morgan fingerprint density at radius 2 is 1.76 bits per heavy atom. The Labute approximate surface area is 222 Å². The number of Topliss-reactive ketones (excluding diaryl/α,β-unsaturated/α-hetero) is 1. The summed E-state index contributed by atoms with van der Waals surface area (Å²) >= 11 is 0. The van der Waals surface area contributed by atoms with Gasteiger partial charge < -0.3 is 20.2 Å². The number of halogens is 1. The van der Waals surface area contributed by atoms with Gasteiger partial charge in [-0.15, -0.1) is 0 Å². The van der Waals surface area contributed by atoms with Crippen LogP contribution in [0.1, 0.15) is 53.8 Å². The number of rotatable bonds is 11. The van der Waals surface area contributed by atoms with Crippen LogP contribution in [0, 0.1) is 11.7 Å². The first-order valence-corrected chi connectivity index (χ1v) is 12.9. The van der Waals surface area contributed by atoms with Crippen LogP contribution in [0.25, 0.3) is 33.4 Å². The van der Waals surface area contributed by atoms with E-state index >= 15 is 0 Å². The molecule has 0 saturated heterocycles. The number of ether oxygens (including phenoxy) is 1. The average Bonchev–Trinajstić information content (AvgIpc) is 3.30. The first-order valence-electron chi connectivity index (χ1n) is 12.9. The molecule has 0 aliphatic heterocycles. The molecule has 0 aliphatic rings. The highest BCUT2D eigenvalue weighted by atomic mass is 19.1. The number of furan rings is 1. The second-order valence-corrected chi connectivity index (χ2v) is 9.66. The summed E-state index contributed by atoms with van der Waals surface area (Å²) in [6, 6.07) is 16.8. The van der Waals surface area contributed by atoms with Crippen LogP contribution >= 0.6 is 0 Å². The van der Waals surface area contributed by atoms with Gasteiger partial charge in [0.25, 0.3) is 5.91 Å². The Hall–Kier alpha value is -3.97. The zero-order valence-electron chi connectivity index (χ0n) is 22.0. The summed E-state index contributed by atoms with van der Waals surface area (Å²) in [6.45, 7) is 5.13. The van der Waals surface area contributed by atoms with Gasteiger partial charge in [-0.25, -0.2) is 4.39 Å². The minimum atomic E-state index is -0.376. The number of carbonyl (C=O) groups excluding carboxylic acids is 2. The largest absolute Gasteiger partial charge is 0.493 e. The summed E-state index contributed by atoms with van der Waals surface area (Å²) in [6.07, 6.45) is 1.97. The topological polar surface area (TPSA) is 94.6 Å². The third-order valence-corrected chi connectivity index (χ3v) is 6.42. The van der Waals surface area contributed by atoms with E-state index in [2.05, 4.69) is 19.2 Å². The standard InChI is InChI=1S/C31H33FN2O4/c1-19(2)5-12-26(35)22-9-13-27(37-16-4-15-33)24(18-22)21-8-14-28-25(17-21)29(31(36)34-3)30(38-28)20-6-10-23(32)11-7-20/h6-11,13-14,17-19H,4-5,12,15-16,33H2,1-3H3,(H,34,36). The molecule has 4 aromatic rings. The van der Waals surface area contributed by atoms with Gasteiger partial charge in [-0.3, -0.25) is 9.59 Å². The molecule has 7 heteroatoms. The van der Waals surface area contributed by atoms with Crippen molar-refractivity contribution in [3.8, 4) is 28.2 Å². The summed E-state index contributed by atoms with van der Waals surface area (Å²) in [4.78, 5) is 25.9. The Morgan fingerprint density at radius 1 is 1.03 bits per heavy atom. The van der Waals surface area contributed by atoms with Crippen molar-refractivity contribution in [1.82, 2.24) is 5.32 Å². The lowest BCUT2D eigenvalue weighted by molar-refractivity contribution is 0.0960. The molecular weight excluding hydrogens is 483 g/mol. The Kier molecular flexibility index (Phi) is 8.59. The Balaban J connectivity index is 1.84. The quantitative estimate of drug-likeness (QED) is 0.173. The zero-order valence-corrected chi connectivity index (χ0v) is 22.0. The van der Waals surface area contributed by atoms with Crippen LogP contribution in [0.3, 0.4) is 0 Å². The molecule has 0 bridgehead atoms. The number of hydrogen-bond acceptors (Lipinski definition) is 5. The van der Waals surface area contributed by atoms with Crippen LogP contribution < -0.4 is 15.8 Å². The summed E-state index contributed by atoms with van der Waals surface area (Å²) in [7, 11) is 1.55. The van der Waals surface area contributed by atoms with E-state index in [9.17, 15) is 14.0 Å². The van der Waals surface area contributed by atoms with E-state index in [0.29, 0.717) is 71.1 Å². The highest BCUT2D eigenvalue weighted by molar-refractivity contribution is 6.12. The van der Waals surface area contributed by atoms with Crippen molar-refractivity contribution in [2.24, 2.45) is 11.7 Å². The van der Waals surface area contributed by atoms with Gasteiger partial charge in [0.1, 0.15) is 22.9 Å². The van der Waals surface area contributed by atoms with Gasteiger partial charge >= 0.3 is 0 Å². The molecule has 3 N–H and O–H groups in total. The molecular formula is C31H33FN2O4. The van der Waals surface area contributed by atoms with Gasteiger partial charge in [0, 0.05) is 35.5 Å². The highest BCUT2D eigenvalue weighted by Gasteiger charge is 2.23. The lowest BCUT2D eigenvalue weighted by Gasteiger charge is -2.14. The summed E-state index contributed by atoms with van der Waals surface area (Å²) in [5, 5.41) is 3.28. The van der Waals surface area contributed by atoms with Crippen LogP contribution in [-0.4, -0.2) is 31.9 Å². The molecule has 0 atom stereocenters. The van der Waals surface area contributed by atoms with Crippen molar-refractivity contribution in [3.63, 3.8) is 0 Å². The molecule has 0 fully saturated rings. The van der Waals surface area contributed by atoms with Gasteiger partial charge in [0.2, 0.25) is 0 Å². The normalized spacial score (nSPS) is 11.2. The number of amides is 1. The van der Waals surface area contributed by atoms with Crippen molar-refractivity contribution >= 4 is 22.7 Å². The molecule has 1 aromatic heterocycles. The number of benzene rings is 3. The molecule has 38 heavy (non-hydrogen) atoms. The lowest BCUT2D eigenvalue weighted by Crippen LogP contribution is -2.18. The van der Waals surface area contributed by atoms with Crippen molar-refractivity contribution in [2.45, 2.75) is 33.1 Å². The molecule has 6 nitrogen and oxygen atoms in total. The highest BCUT2D eigenvalue weighted by Crippen LogP contribution is 2.38. The van der Waals surface area contributed by atoms with Crippen LogP contribution in [0.5, 0.6) is 5.75 Å². The second kappa shape index (κ2) is 12.0. The van der Waals surface area contributed by atoms with Crippen LogP contribution in [0.15, 0.2) is 65.1 Å². The fraction of sp³-hybridized carbons (Fsp3) is 0.290. The molecule has 0 aliphatic carbocycles. The van der Waals surface area contributed by atoms with Gasteiger partial charge in [-0.1, -0.05) is 19.9 Å². The molecule has 0 spiro atoms. The summed E-state index contributed by atoms with van der Waals surface area (Å²) < 4.78 is 25.7. The average molecular weight is 517 g/mol. The zero-order chi connectivity index (χ0) is 27.2. The van der Waals surface area contributed by atoms with Crippen molar-refractivity contribution in [2.75, 3.05) is 20.2 Å². The molecule has 198 valence electrons. The monoisotopic (exact) mass is 516 g/mol. The van der Waals surface area contributed by atoms with E-state index in [4.69, 9.17) is 14.9 Å². The third-order valence-electron chi connectivity index (χ3n) is 6.42. The lowest BCUT2D eigenvalue weighted by atomic mass is 9.95. The minimum absolute atomic E-state index is 0.0718. The molecule has 4 rings (SSSR count). The predicted molar refractivity (Wildman–Crippen MR) is 148 cm³/mol.